The summed E-state index contributed by atoms with van der Waals surface area (Å²) >= 11 is 0. The molecule has 1 rings (SSSR count). The van der Waals surface area contributed by atoms with Gasteiger partial charge in [-0.1, -0.05) is 13.0 Å². The molecule has 0 aliphatic carbocycles. The van der Waals surface area contributed by atoms with Crippen molar-refractivity contribution in [3.8, 4) is 0 Å². The minimum absolute atomic E-state index is 0.176. The van der Waals surface area contributed by atoms with Crippen molar-refractivity contribution < 1.29 is 19.4 Å². The normalized spacial score (nSPS) is 11.6. The van der Waals surface area contributed by atoms with Crippen LogP contribution in [0.1, 0.15) is 23.7 Å². The molecule has 2 N–H and O–H groups in total. The summed E-state index contributed by atoms with van der Waals surface area (Å²) in [6.45, 7) is 1.84. The molecule has 1 aromatic carbocycles. The summed E-state index contributed by atoms with van der Waals surface area (Å²) in [6.07, 6.45) is 0.559. The van der Waals surface area contributed by atoms with E-state index >= 15 is 0 Å². The number of carboxylic acids is 1. The van der Waals surface area contributed by atoms with Crippen molar-refractivity contribution >= 4 is 17.6 Å². The number of esters is 1. The molecule has 0 spiro atoms. The van der Waals surface area contributed by atoms with Gasteiger partial charge in [0.25, 0.3) is 0 Å². The van der Waals surface area contributed by atoms with E-state index < -0.39 is 12.0 Å². The molecule has 5 nitrogen and oxygen atoms in total. The SMILES string of the molecule is CCC(Nc1cccc(C(=O)O)c1)C(=O)OC. The number of carbonyl (C=O) groups excluding carboxylic acids is 1. The Balaban J connectivity index is 2.83. The number of rotatable bonds is 5. The van der Waals surface area contributed by atoms with Crippen molar-refractivity contribution in [2.24, 2.45) is 0 Å². The van der Waals surface area contributed by atoms with E-state index in [2.05, 4.69) is 10.1 Å². The standard InChI is InChI=1S/C12H15NO4/c1-3-10(12(16)17-2)13-9-6-4-5-8(7-9)11(14)15/h4-7,10,13H,3H2,1-2H3,(H,14,15). The zero-order valence-electron chi connectivity index (χ0n) is 9.77. The number of ether oxygens (including phenoxy) is 1. The van der Waals surface area contributed by atoms with Crippen LogP contribution in [0.25, 0.3) is 0 Å². The van der Waals surface area contributed by atoms with Crippen LogP contribution < -0.4 is 5.32 Å². The van der Waals surface area contributed by atoms with Crippen molar-refractivity contribution in [3.63, 3.8) is 0 Å². The van der Waals surface area contributed by atoms with Crippen molar-refractivity contribution in [1.82, 2.24) is 0 Å². The summed E-state index contributed by atoms with van der Waals surface area (Å²) in [5.74, 6) is -1.37. The van der Waals surface area contributed by atoms with Crippen molar-refractivity contribution in [3.05, 3.63) is 29.8 Å². The fraction of sp³-hybridized carbons (Fsp3) is 0.333. The van der Waals surface area contributed by atoms with Gasteiger partial charge in [-0.15, -0.1) is 0 Å². The monoisotopic (exact) mass is 237 g/mol. The summed E-state index contributed by atoms with van der Waals surface area (Å²) in [5, 5.41) is 11.8. The van der Waals surface area contributed by atoms with E-state index in [-0.39, 0.29) is 11.5 Å². The molecule has 92 valence electrons. The highest BCUT2D eigenvalue weighted by molar-refractivity contribution is 5.89. The number of carbonyl (C=O) groups is 2. The molecule has 0 saturated heterocycles. The van der Waals surface area contributed by atoms with Crippen LogP contribution in [0.4, 0.5) is 5.69 Å². The second kappa shape index (κ2) is 5.89. The Morgan fingerprint density at radius 2 is 2.18 bits per heavy atom. The third-order valence-electron chi connectivity index (χ3n) is 2.34. The van der Waals surface area contributed by atoms with Gasteiger partial charge in [-0.3, -0.25) is 0 Å². The summed E-state index contributed by atoms with van der Waals surface area (Å²) in [7, 11) is 1.32. The fourth-order valence-electron chi connectivity index (χ4n) is 1.41. The largest absolute Gasteiger partial charge is 0.478 e. The second-order valence-corrected chi connectivity index (χ2v) is 3.51. The van der Waals surface area contributed by atoms with Gasteiger partial charge in [-0.25, -0.2) is 9.59 Å². The first kappa shape index (κ1) is 13.0. The third-order valence-corrected chi connectivity index (χ3v) is 2.34. The molecule has 0 aliphatic rings. The van der Waals surface area contributed by atoms with Crippen LogP contribution in [0.15, 0.2) is 24.3 Å². The number of carboxylic acid groups (broad SMARTS) is 1. The zero-order valence-corrected chi connectivity index (χ0v) is 9.77. The van der Waals surface area contributed by atoms with Gasteiger partial charge in [-0.2, -0.15) is 0 Å². The van der Waals surface area contributed by atoms with Crippen molar-refractivity contribution in [2.75, 3.05) is 12.4 Å². The summed E-state index contributed by atoms with van der Waals surface area (Å²) in [4.78, 5) is 22.1. The van der Waals surface area contributed by atoms with Gasteiger partial charge in [0.1, 0.15) is 6.04 Å². The lowest BCUT2D eigenvalue weighted by atomic mass is 10.1. The molecule has 0 saturated carbocycles. The molecule has 0 aromatic heterocycles. The number of aromatic carboxylic acids is 1. The summed E-state index contributed by atoms with van der Waals surface area (Å²) in [5.41, 5.74) is 0.761. The molecule has 0 radical (unpaired) electrons. The topological polar surface area (TPSA) is 75.6 Å². The van der Waals surface area contributed by atoms with Crippen LogP contribution in [0.3, 0.4) is 0 Å². The third kappa shape index (κ3) is 3.48. The molecular weight excluding hydrogens is 222 g/mol. The highest BCUT2D eigenvalue weighted by Crippen LogP contribution is 2.13. The molecular formula is C12H15NO4. The van der Waals surface area contributed by atoms with Crippen LogP contribution in [0.2, 0.25) is 0 Å². The van der Waals surface area contributed by atoms with Gasteiger partial charge in [0.05, 0.1) is 12.7 Å². The molecule has 0 aliphatic heterocycles. The highest BCUT2D eigenvalue weighted by Gasteiger charge is 2.16. The number of hydrogen-bond acceptors (Lipinski definition) is 4. The number of anilines is 1. The maximum absolute atomic E-state index is 11.4. The minimum Gasteiger partial charge on any atom is -0.478 e. The predicted octanol–water partition coefficient (Wildman–Crippen LogP) is 1.75. The molecule has 0 heterocycles. The van der Waals surface area contributed by atoms with Crippen LogP contribution in [0, 0.1) is 0 Å². The average molecular weight is 237 g/mol. The fourth-order valence-corrected chi connectivity index (χ4v) is 1.41. The van der Waals surface area contributed by atoms with Gasteiger partial charge in [-0.05, 0) is 24.6 Å². The minimum atomic E-state index is -1.00. The second-order valence-electron chi connectivity index (χ2n) is 3.51. The number of benzene rings is 1. The van der Waals surface area contributed by atoms with Gasteiger partial charge >= 0.3 is 11.9 Å². The Kier molecular flexibility index (Phi) is 4.51. The molecule has 0 bridgehead atoms. The quantitative estimate of drug-likeness (QED) is 0.763. The van der Waals surface area contributed by atoms with E-state index in [9.17, 15) is 9.59 Å². The van der Waals surface area contributed by atoms with E-state index in [1.165, 1.54) is 19.2 Å². The number of methoxy groups -OCH3 is 1. The first-order chi connectivity index (χ1) is 8.08. The van der Waals surface area contributed by atoms with Gasteiger partial charge in [0.15, 0.2) is 0 Å². The molecule has 0 fully saturated rings. The molecule has 5 heteroatoms. The Bertz CT molecular complexity index is 417. The first-order valence-corrected chi connectivity index (χ1v) is 5.26. The van der Waals surface area contributed by atoms with E-state index in [4.69, 9.17) is 5.11 Å². The van der Waals surface area contributed by atoms with E-state index in [0.717, 1.165) is 0 Å². The summed E-state index contributed by atoms with van der Waals surface area (Å²) in [6, 6.07) is 5.83. The van der Waals surface area contributed by atoms with Crippen LogP contribution >= 0.6 is 0 Å². The molecule has 1 atom stereocenters. The maximum atomic E-state index is 11.4. The molecule has 1 unspecified atom stereocenters. The summed E-state index contributed by atoms with van der Waals surface area (Å²) < 4.78 is 4.64. The maximum Gasteiger partial charge on any atom is 0.335 e. The molecule has 0 amide bonds. The van der Waals surface area contributed by atoms with Crippen molar-refractivity contribution in [1.29, 1.82) is 0 Å². The Morgan fingerprint density at radius 3 is 2.71 bits per heavy atom. The van der Waals surface area contributed by atoms with Crippen LogP contribution in [-0.2, 0) is 9.53 Å². The number of nitrogens with one attached hydrogen (secondary N) is 1. The lowest BCUT2D eigenvalue weighted by molar-refractivity contribution is -0.141. The Hall–Kier alpha value is -2.04. The zero-order chi connectivity index (χ0) is 12.8. The van der Waals surface area contributed by atoms with Crippen molar-refractivity contribution in [2.45, 2.75) is 19.4 Å². The molecule has 17 heavy (non-hydrogen) atoms. The smallest absolute Gasteiger partial charge is 0.335 e. The highest BCUT2D eigenvalue weighted by atomic mass is 16.5. The van der Waals surface area contributed by atoms with E-state index in [1.54, 1.807) is 12.1 Å². The lowest BCUT2D eigenvalue weighted by Crippen LogP contribution is -2.29. The van der Waals surface area contributed by atoms with Gasteiger partial charge in [0.2, 0.25) is 0 Å². The van der Waals surface area contributed by atoms with Gasteiger partial charge in [0, 0.05) is 5.69 Å². The van der Waals surface area contributed by atoms with Gasteiger partial charge < -0.3 is 15.2 Å². The Morgan fingerprint density at radius 1 is 1.47 bits per heavy atom. The van der Waals surface area contributed by atoms with Crippen LogP contribution in [0.5, 0.6) is 0 Å². The van der Waals surface area contributed by atoms with E-state index in [0.29, 0.717) is 12.1 Å². The lowest BCUT2D eigenvalue weighted by Gasteiger charge is -2.15. The van der Waals surface area contributed by atoms with Crippen LogP contribution in [-0.4, -0.2) is 30.2 Å². The predicted molar refractivity (Wildman–Crippen MR) is 63.1 cm³/mol. The Labute approximate surface area is 99.4 Å². The first-order valence-electron chi connectivity index (χ1n) is 5.26. The number of hydrogen-bond donors (Lipinski definition) is 2. The molecule has 1 aromatic rings. The average Bonchev–Trinajstić information content (AvgIpc) is 2.35. The van der Waals surface area contributed by atoms with E-state index in [1.807, 2.05) is 6.92 Å².